The quantitative estimate of drug-likeness (QED) is 0.536. The lowest BCUT2D eigenvalue weighted by molar-refractivity contribution is 0.191. The van der Waals surface area contributed by atoms with E-state index in [1.807, 2.05) is 0 Å². The van der Waals surface area contributed by atoms with Crippen LogP contribution in [0.2, 0.25) is 0 Å². The zero-order valence-corrected chi connectivity index (χ0v) is 14.0. The Labute approximate surface area is 122 Å². The molecule has 19 heavy (non-hydrogen) atoms. The average Bonchev–Trinajstić information content (AvgIpc) is 2.42. The van der Waals surface area contributed by atoms with Crippen LogP contribution in [0.1, 0.15) is 79.1 Å². The van der Waals surface area contributed by atoms with Gasteiger partial charge < -0.3 is 10.6 Å². The third-order valence-electron chi connectivity index (χ3n) is 4.34. The van der Waals surface area contributed by atoms with Gasteiger partial charge in [-0.25, -0.2) is 0 Å². The summed E-state index contributed by atoms with van der Waals surface area (Å²) in [6.45, 7) is 12.7. The summed E-state index contributed by atoms with van der Waals surface area (Å²) in [6, 6.07) is 0.741. The second kappa shape index (κ2) is 12.9. The summed E-state index contributed by atoms with van der Waals surface area (Å²) in [6.07, 6.45) is 10.5. The van der Waals surface area contributed by atoms with Crippen LogP contribution < -0.4 is 5.73 Å². The maximum atomic E-state index is 5.72. The molecule has 0 radical (unpaired) electrons. The lowest BCUT2D eigenvalue weighted by atomic mass is 9.94. The molecule has 0 fully saturated rings. The zero-order chi connectivity index (χ0) is 14.5. The Hall–Kier alpha value is -0.0800. The van der Waals surface area contributed by atoms with Gasteiger partial charge in [-0.3, -0.25) is 0 Å². The van der Waals surface area contributed by atoms with Crippen molar-refractivity contribution in [1.82, 2.24) is 4.90 Å². The molecule has 0 heterocycles. The summed E-state index contributed by atoms with van der Waals surface area (Å²) in [7, 11) is 0. The minimum absolute atomic E-state index is 0.741. The van der Waals surface area contributed by atoms with Gasteiger partial charge in [-0.15, -0.1) is 0 Å². The maximum Gasteiger partial charge on any atom is 0.00643 e. The molecule has 0 saturated heterocycles. The monoisotopic (exact) mass is 270 g/mol. The third-order valence-corrected chi connectivity index (χ3v) is 4.34. The van der Waals surface area contributed by atoms with Crippen LogP contribution in [-0.2, 0) is 0 Å². The molecule has 0 amide bonds. The number of nitrogens with zero attached hydrogens (tertiary/aromatic N) is 1. The molecule has 0 spiro atoms. The Kier molecular flexibility index (Phi) is 12.9. The first-order valence-corrected chi connectivity index (χ1v) is 8.63. The predicted octanol–water partition coefficient (Wildman–Crippen LogP) is 4.43. The van der Waals surface area contributed by atoms with Gasteiger partial charge in [0.05, 0.1) is 0 Å². The van der Waals surface area contributed by atoms with Crippen LogP contribution in [0.5, 0.6) is 0 Å². The summed E-state index contributed by atoms with van der Waals surface area (Å²) in [5, 5.41) is 0. The molecule has 0 aliphatic heterocycles. The highest BCUT2D eigenvalue weighted by molar-refractivity contribution is 4.68. The maximum absolute atomic E-state index is 5.72. The molecule has 0 aromatic carbocycles. The molecule has 0 aliphatic carbocycles. The van der Waals surface area contributed by atoms with Crippen molar-refractivity contribution in [2.75, 3.05) is 19.6 Å². The Bertz CT molecular complexity index is 176. The van der Waals surface area contributed by atoms with Crippen molar-refractivity contribution >= 4 is 0 Å². The summed E-state index contributed by atoms with van der Waals surface area (Å²) in [4.78, 5) is 2.69. The Morgan fingerprint density at radius 1 is 0.895 bits per heavy atom. The van der Waals surface area contributed by atoms with Crippen molar-refractivity contribution in [2.45, 2.75) is 85.1 Å². The van der Waals surface area contributed by atoms with Gasteiger partial charge >= 0.3 is 0 Å². The van der Waals surface area contributed by atoms with E-state index in [4.69, 9.17) is 5.73 Å². The summed E-state index contributed by atoms with van der Waals surface area (Å²) >= 11 is 0. The van der Waals surface area contributed by atoms with Crippen LogP contribution in [0.15, 0.2) is 0 Å². The summed E-state index contributed by atoms with van der Waals surface area (Å²) < 4.78 is 0. The number of nitrogens with two attached hydrogens (primary N) is 1. The molecule has 0 bridgehead atoms. The van der Waals surface area contributed by atoms with E-state index in [1.165, 1.54) is 64.5 Å². The molecule has 2 heteroatoms. The van der Waals surface area contributed by atoms with Crippen LogP contribution in [0, 0.1) is 5.92 Å². The lowest BCUT2D eigenvalue weighted by Crippen LogP contribution is -2.34. The third kappa shape index (κ3) is 9.45. The van der Waals surface area contributed by atoms with Gasteiger partial charge in [0.1, 0.15) is 0 Å². The molecular formula is C17H38N2. The fourth-order valence-electron chi connectivity index (χ4n) is 2.83. The second-order valence-corrected chi connectivity index (χ2v) is 6.02. The predicted molar refractivity (Wildman–Crippen MR) is 87.5 cm³/mol. The molecule has 2 nitrogen and oxygen atoms in total. The zero-order valence-electron chi connectivity index (χ0n) is 14.0. The number of hydrogen-bond acceptors (Lipinski definition) is 2. The highest BCUT2D eigenvalue weighted by atomic mass is 15.1. The van der Waals surface area contributed by atoms with E-state index in [-0.39, 0.29) is 0 Å². The van der Waals surface area contributed by atoms with Crippen molar-refractivity contribution in [2.24, 2.45) is 11.7 Å². The van der Waals surface area contributed by atoms with Gasteiger partial charge in [0.2, 0.25) is 0 Å². The van der Waals surface area contributed by atoms with Crippen molar-refractivity contribution in [3.05, 3.63) is 0 Å². The van der Waals surface area contributed by atoms with E-state index < -0.39 is 0 Å². The molecule has 2 atom stereocenters. The Morgan fingerprint density at radius 2 is 1.58 bits per heavy atom. The van der Waals surface area contributed by atoms with Crippen molar-refractivity contribution in [3.8, 4) is 0 Å². The van der Waals surface area contributed by atoms with E-state index in [0.717, 1.165) is 18.5 Å². The standard InChI is InChI=1S/C17H38N2/c1-5-8-14-19(16(4)7-3)15-9-11-17(10-6-2)12-13-18/h16-17H,5-15,18H2,1-4H3. The first kappa shape index (κ1) is 18.9. The molecule has 116 valence electrons. The van der Waals surface area contributed by atoms with Gasteiger partial charge in [0, 0.05) is 6.04 Å². The summed E-state index contributed by atoms with van der Waals surface area (Å²) in [5.41, 5.74) is 5.72. The number of unbranched alkanes of at least 4 members (excludes halogenated alkanes) is 1. The lowest BCUT2D eigenvalue weighted by Gasteiger charge is -2.29. The highest BCUT2D eigenvalue weighted by Crippen LogP contribution is 2.18. The van der Waals surface area contributed by atoms with Crippen molar-refractivity contribution in [1.29, 1.82) is 0 Å². The molecule has 0 aliphatic rings. The topological polar surface area (TPSA) is 29.3 Å². The Balaban J connectivity index is 4.00. The minimum atomic E-state index is 0.741. The first-order valence-electron chi connectivity index (χ1n) is 8.63. The molecule has 0 aromatic rings. The van der Waals surface area contributed by atoms with Gasteiger partial charge in [-0.1, -0.05) is 40.0 Å². The molecule has 0 saturated carbocycles. The molecule has 0 rings (SSSR count). The molecule has 2 unspecified atom stereocenters. The fourth-order valence-corrected chi connectivity index (χ4v) is 2.83. The summed E-state index contributed by atoms with van der Waals surface area (Å²) in [5.74, 6) is 0.861. The van der Waals surface area contributed by atoms with Crippen molar-refractivity contribution < 1.29 is 0 Å². The van der Waals surface area contributed by atoms with Crippen LogP contribution in [0.4, 0.5) is 0 Å². The first-order chi connectivity index (χ1) is 9.19. The number of rotatable bonds is 13. The van der Waals surface area contributed by atoms with Gasteiger partial charge in [0.25, 0.3) is 0 Å². The molecule has 0 aromatic heterocycles. The Morgan fingerprint density at radius 3 is 2.11 bits per heavy atom. The van der Waals surface area contributed by atoms with E-state index in [9.17, 15) is 0 Å². The number of hydrogen-bond donors (Lipinski definition) is 1. The highest BCUT2D eigenvalue weighted by Gasteiger charge is 2.12. The fraction of sp³-hybridized carbons (Fsp3) is 1.00. The van der Waals surface area contributed by atoms with Gasteiger partial charge in [-0.2, -0.15) is 0 Å². The van der Waals surface area contributed by atoms with Crippen LogP contribution in [0.3, 0.4) is 0 Å². The van der Waals surface area contributed by atoms with E-state index in [1.54, 1.807) is 0 Å². The van der Waals surface area contributed by atoms with Crippen molar-refractivity contribution in [3.63, 3.8) is 0 Å². The van der Waals surface area contributed by atoms with Crippen LogP contribution in [0.25, 0.3) is 0 Å². The van der Waals surface area contributed by atoms with E-state index in [0.29, 0.717) is 0 Å². The second-order valence-electron chi connectivity index (χ2n) is 6.02. The molecule has 2 N–H and O–H groups in total. The van der Waals surface area contributed by atoms with Gasteiger partial charge in [-0.05, 0) is 64.6 Å². The molecular weight excluding hydrogens is 232 g/mol. The SMILES string of the molecule is CCCCN(CCCC(CCC)CCN)C(C)CC. The average molecular weight is 271 g/mol. The largest absolute Gasteiger partial charge is 0.330 e. The van der Waals surface area contributed by atoms with Crippen LogP contribution >= 0.6 is 0 Å². The van der Waals surface area contributed by atoms with Gasteiger partial charge in [0.15, 0.2) is 0 Å². The van der Waals surface area contributed by atoms with Crippen LogP contribution in [-0.4, -0.2) is 30.6 Å². The van der Waals surface area contributed by atoms with E-state index >= 15 is 0 Å². The smallest absolute Gasteiger partial charge is 0.00643 e. The normalized spacial score (nSPS) is 14.8. The minimum Gasteiger partial charge on any atom is -0.330 e. The van der Waals surface area contributed by atoms with E-state index in [2.05, 4.69) is 32.6 Å².